The lowest BCUT2D eigenvalue weighted by atomic mass is 9.94. The van der Waals surface area contributed by atoms with Crippen LogP contribution in [0.1, 0.15) is 17.9 Å². The first-order valence-corrected chi connectivity index (χ1v) is 12.7. The van der Waals surface area contributed by atoms with Crippen LogP contribution in [0.2, 0.25) is 0 Å². The Kier molecular flexibility index (Phi) is 6.65. The van der Waals surface area contributed by atoms with Crippen molar-refractivity contribution < 1.29 is 19.0 Å². The van der Waals surface area contributed by atoms with Crippen molar-refractivity contribution in [3.8, 4) is 11.5 Å². The number of carbonyl (C=O) groups is 1. The van der Waals surface area contributed by atoms with Crippen molar-refractivity contribution in [2.75, 3.05) is 33.4 Å². The molecule has 6 rings (SSSR count). The molecule has 38 heavy (non-hydrogen) atoms. The number of allylic oxidation sites excluding steroid dienone is 3. The van der Waals surface area contributed by atoms with E-state index in [-0.39, 0.29) is 12.5 Å². The number of amides is 1. The highest BCUT2D eigenvalue weighted by atomic mass is 35.5. The summed E-state index contributed by atoms with van der Waals surface area (Å²) in [6, 6.07) is 11.2. The van der Waals surface area contributed by atoms with Crippen LogP contribution in [-0.4, -0.2) is 74.4 Å². The highest BCUT2D eigenvalue weighted by Gasteiger charge is 2.28. The Morgan fingerprint density at radius 3 is 2.82 bits per heavy atom. The Morgan fingerprint density at radius 1 is 1.13 bits per heavy atom. The Morgan fingerprint density at radius 2 is 2.00 bits per heavy atom. The fraction of sp³-hybridized carbons (Fsp3) is 0.296. The van der Waals surface area contributed by atoms with E-state index < -0.39 is 5.38 Å². The van der Waals surface area contributed by atoms with Gasteiger partial charge in [-0.3, -0.25) is 9.78 Å². The molecule has 194 valence electrons. The lowest BCUT2D eigenvalue weighted by Crippen LogP contribution is -2.42. The van der Waals surface area contributed by atoms with Gasteiger partial charge in [-0.2, -0.15) is 9.61 Å². The van der Waals surface area contributed by atoms with Crippen LogP contribution in [0.25, 0.3) is 22.1 Å². The van der Waals surface area contributed by atoms with Gasteiger partial charge in [0.2, 0.25) is 0 Å². The molecule has 1 unspecified atom stereocenters. The molecule has 10 nitrogen and oxygen atoms in total. The molecule has 1 amide bonds. The van der Waals surface area contributed by atoms with Gasteiger partial charge in [0.25, 0.3) is 5.91 Å². The number of morpholine rings is 1. The van der Waals surface area contributed by atoms with Crippen LogP contribution in [0.4, 0.5) is 0 Å². The second-order valence-electron chi connectivity index (χ2n) is 8.98. The quantitative estimate of drug-likeness (QED) is 0.348. The molecule has 4 aromatic rings. The second-order valence-corrected chi connectivity index (χ2v) is 9.50. The summed E-state index contributed by atoms with van der Waals surface area (Å²) >= 11 is 6.67. The van der Waals surface area contributed by atoms with Crippen molar-refractivity contribution in [1.29, 1.82) is 0 Å². The van der Waals surface area contributed by atoms with E-state index in [0.29, 0.717) is 55.5 Å². The maximum absolute atomic E-state index is 12.9. The average molecular weight is 533 g/mol. The van der Waals surface area contributed by atoms with E-state index in [0.717, 1.165) is 27.9 Å². The number of benzene rings is 1. The van der Waals surface area contributed by atoms with Crippen LogP contribution in [0.5, 0.6) is 11.5 Å². The van der Waals surface area contributed by atoms with Crippen molar-refractivity contribution in [3.05, 3.63) is 71.8 Å². The molecular weight excluding hydrogens is 508 g/mol. The van der Waals surface area contributed by atoms with E-state index in [1.807, 2.05) is 42.5 Å². The largest absolute Gasteiger partial charge is 0.497 e. The predicted octanol–water partition coefficient (Wildman–Crippen LogP) is 3.44. The highest BCUT2D eigenvalue weighted by Crippen LogP contribution is 2.31. The summed E-state index contributed by atoms with van der Waals surface area (Å²) in [7, 11) is 1.62. The molecular formula is C27H25ClN6O4. The molecule has 1 aliphatic heterocycles. The number of alkyl halides is 1. The smallest absolute Gasteiger partial charge is 0.251 e. The van der Waals surface area contributed by atoms with Gasteiger partial charge in [-0.25, -0.2) is 0 Å². The van der Waals surface area contributed by atoms with Gasteiger partial charge in [0.15, 0.2) is 11.5 Å². The molecule has 1 fully saturated rings. The minimum absolute atomic E-state index is 0.0349. The maximum atomic E-state index is 12.9. The van der Waals surface area contributed by atoms with Crippen molar-refractivity contribution in [2.45, 2.75) is 18.4 Å². The number of halogens is 1. The lowest BCUT2D eigenvalue weighted by molar-refractivity contribution is -0.131. The molecule has 2 aliphatic rings. The monoisotopic (exact) mass is 532 g/mol. The molecule has 0 spiro atoms. The van der Waals surface area contributed by atoms with E-state index in [2.05, 4.69) is 15.2 Å². The van der Waals surface area contributed by atoms with Crippen LogP contribution in [0, 0.1) is 0 Å². The number of methoxy groups -OCH3 is 1. The van der Waals surface area contributed by atoms with E-state index in [1.54, 1.807) is 28.8 Å². The number of nitrogens with zero attached hydrogens (tertiary/aromatic N) is 6. The molecule has 0 N–H and O–H groups in total. The topological polar surface area (TPSA) is 104 Å². The summed E-state index contributed by atoms with van der Waals surface area (Å²) in [5, 5.41) is 13.7. The SMILES string of the molecule is COc1ccc2c(OCc3nnc4ccc(C5=CC=C(C(=O)N6CCOCC6)C(Cl)C5)nn34)ccnc2c1. The zero-order chi connectivity index (χ0) is 26.1. The number of carbonyl (C=O) groups excluding carboxylic acids is 1. The molecule has 11 heteroatoms. The normalized spacial score (nSPS) is 17.8. The standard InChI is InChI=1S/C27H25ClN6O4/c1-36-18-3-5-20-23(15-18)29-9-8-24(20)38-16-26-31-30-25-7-6-22(32-34(25)26)17-2-4-19(21(28)14-17)27(35)33-10-12-37-13-11-33/h2-9,15,21H,10-14,16H2,1H3. The highest BCUT2D eigenvalue weighted by molar-refractivity contribution is 6.26. The Bertz CT molecular complexity index is 1580. The van der Waals surface area contributed by atoms with Gasteiger partial charge in [0, 0.05) is 36.3 Å². The molecule has 1 aromatic carbocycles. The minimum Gasteiger partial charge on any atom is -0.497 e. The summed E-state index contributed by atoms with van der Waals surface area (Å²) in [6.07, 6.45) is 5.90. The number of hydrogen-bond acceptors (Lipinski definition) is 8. The zero-order valence-electron chi connectivity index (χ0n) is 20.7. The summed E-state index contributed by atoms with van der Waals surface area (Å²) in [5.74, 6) is 1.92. The van der Waals surface area contributed by atoms with Gasteiger partial charge in [-0.05, 0) is 42.3 Å². The van der Waals surface area contributed by atoms with Gasteiger partial charge in [-0.15, -0.1) is 21.8 Å². The van der Waals surface area contributed by atoms with Crippen molar-refractivity contribution in [1.82, 2.24) is 29.7 Å². The fourth-order valence-corrected chi connectivity index (χ4v) is 4.93. The number of aromatic nitrogens is 5. The Hall–Kier alpha value is -4.02. The van der Waals surface area contributed by atoms with Crippen molar-refractivity contribution in [2.24, 2.45) is 0 Å². The lowest BCUT2D eigenvalue weighted by Gasteiger charge is -2.29. The third-order valence-electron chi connectivity index (χ3n) is 6.67. The second kappa shape index (κ2) is 10.4. The number of pyridine rings is 1. The van der Waals surface area contributed by atoms with Gasteiger partial charge < -0.3 is 19.1 Å². The van der Waals surface area contributed by atoms with Gasteiger partial charge >= 0.3 is 0 Å². The van der Waals surface area contributed by atoms with E-state index in [9.17, 15) is 4.79 Å². The molecule has 1 atom stereocenters. The molecule has 3 aromatic heterocycles. The van der Waals surface area contributed by atoms with Crippen LogP contribution >= 0.6 is 11.6 Å². The first-order chi connectivity index (χ1) is 18.6. The molecule has 1 saturated heterocycles. The number of ether oxygens (including phenoxy) is 3. The van der Waals surface area contributed by atoms with Gasteiger partial charge in [-0.1, -0.05) is 12.2 Å². The maximum Gasteiger partial charge on any atom is 0.251 e. The van der Waals surface area contributed by atoms with E-state index in [4.69, 9.17) is 30.9 Å². The van der Waals surface area contributed by atoms with Gasteiger partial charge in [0.05, 0.1) is 36.9 Å². The summed E-state index contributed by atoms with van der Waals surface area (Å²) in [4.78, 5) is 19.1. The summed E-state index contributed by atoms with van der Waals surface area (Å²) in [6.45, 7) is 2.42. The fourth-order valence-electron chi connectivity index (χ4n) is 4.60. The zero-order valence-corrected chi connectivity index (χ0v) is 21.5. The minimum atomic E-state index is -0.440. The summed E-state index contributed by atoms with van der Waals surface area (Å²) < 4.78 is 18.4. The Balaban J connectivity index is 1.23. The van der Waals surface area contributed by atoms with E-state index in [1.165, 1.54) is 0 Å². The van der Waals surface area contributed by atoms with Crippen molar-refractivity contribution >= 4 is 39.6 Å². The van der Waals surface area contributed by atoms with E-state index >= 15 is 0 Å². The summed E-state index contributed by atoms with van der Waals surface area (Å²) in [5.41, 5.74) is 3.64. The Labute approximate surface area is 223 Å². The molecule has 0 bridgehead atoms. The number of fused-ring (bicyclic) bond motifs is 2. The van der Waals surface area contributed by atoms with Gasteiger partial charge in [0.1, 0.15) is 18.1 Å². The van der Waals surface area contributed by atoms with Crippen LogP contribution in [0.15, 0.2) is 60.3 Å². The number of rotatable bonds is 6. The van der Waals surface area contributed by atoms with Crippen LogP contribution < -0.4 is 9.47 Å². The third kappa shape index (κ3) is 4.68. The molecule has 4 heterocycles. The van der Waals surface area contributed by atoms with Crippen LogP contribution in [-0.2, 0) is 16.1 Å². The first kappa shape index (κ1) is 24.3. The average Bonchev–Trinajstić information content (AvgIpc) is 3.38. The predicted molar refractivity (Wildman–Crippen MR) is 141 cm³/mol. The number of hydrogen-bond donors (Lipinski definition) is 0. The molecule has 0 radical (unpaired) electrons. The van der Waals surface area contributed by atoms with Crippen molar-refractivity contribution in [3.63, 3.8) is 0 Å². The first-order valence-electron chi connectivity index (χ1n) is 12.3. The van der Waals surface area contributed by atoms with Crippen LogP contribution in [0.3, 0.4) is 0 Å². The third-order valence-corrected chi connectivity index (χ3v) is 7.06. The molecule has 0 saturated carbocycles. The molecule has 1 aliphatic carbocycles.